The van der Waals surface area contributed by atoms with Crippen LogP contribution in [0.1, 0.15) is 35.1 Å². The van der Waals surface area contributed by atoms with Crippen LogP contribution >= 0.6 is 0 Å². The first-order valence-corrected chi connectivity index (χ1v) is 5.94. The van der Waals surface area contributed by atoms with E-state index in [0.29, 0.717) is 0 Å². The highest BCUT2D eigenvalue weighted by atomic mass is 14.8. The maximum Gasteiger partial charge on any atom is 0.0450 e. The van der Waals surface area contributed by atoms with Crippen LogP contribution in [0, 0.1) is 0 Å². The Labute approximate surface area is 91.2 Å². The van der Waals surface area contributed by atoms with E-state index in [1.54, 1.807) is 22.3 Å². The summed E-state index contributed by atoms with van der Waals surface area (Å²) < 4.78 is 0. The van der Waals surface area contributed by atoms with Crippen LogP contribution in [0.5, 0.6) is 0 Å². The van der Waals surface area contributed by atoms with Crippen molar-refractivity contribution >= 4 is 5.69 Å². The van der Waals surface area contributed by atoms with Gasteiger partial charge in [0.15, 0.2) is 0 Å². The Hall–Kier alpha value is -1.24. The lowest BCUT2D eigenvalue weighted by molar-refractivity contribution is 0.898. The predicted octanol–water partition coefficient (Wildman–Crippen LogP) is 3.22. The Bertz CT molecular complexity index is 386. The fourth-order valence-corrected chi connectivity index (χ4v) is 3.09. The summed E-state index contributed by atoms with van der Waals surface area (Å²) in [5.74, 6) is 0. The summed E-state index contributed by atoms with van der Waals surface area (Å²) >= 11 is 0. The molecule has 0 aromatic heterocycles. The van der Waals surface area contributed by atoms with Crippen LogP contribution in [-0.2, 0) is 25.7 Å². The fraction of sp³-hybridized carbons (Fsp3) is 0.429. The van der Waals surface area contributed by atoms with Crippen LogP contribution in [0.4, 0.5) is 5.69 Å². The number of hydrogen-bond donors (Lipinski definition) is 1. The van der Waals surface area contributed by atoms with E-state index < -0.39 is 0 Å². The average Bonchev–Trinajstić information content (AvgIpc) is 2.84. The number of aryl methyl sites for hydroxylation is 2. The van der Waals surface area contributed by atoms with E-state index in [2.05, 4.69) is 18.0 Å². The summed E-state index contributed by atoms with van der Waals surface area (Å²) in [5, 5.41) is 3.37. The van der Waals surface area contributed by atoms with Crippen molar-refractivity contribution in [3.63, 3.8) is 0 Å². The third kappa shape index (κ3) is 1.30. The SMILES string of the molecule is C=CNc1c2c(cc3c1CCC3)CCC2. The molecule has 0 bridgehead atoms. The van der Waals surface area contributed by atoms with Crippen LogP contribution in [0.3, 0.4) is 0 Å². The monoisotopic (exact) mass is 199 g/mol. The van der Waals surface area contributed by atoms with Gasteiger partial charge < -0.3 is 5.32 Å². The number of hydrogen-bond acceptors (Lipinski definition) is 1. The topological polar surface area (TPSA) is 12.0 Å². The van der Waals surface area contributed by atoms with Gasteiger partial charge in [-0.2, -0.15) is 0 Å². The highest BCUT2D eigenvalue weighted by molar-refractivity contribution is 5.66. The van der Waals surface area contributed by atoms with E-state index in [0.717, 1.165) is 0 Å². The van der Waals surface area contributed by atoms with Gasteiger partial charge in [-0.25, -0.2) is 0 Å². The van der Waals surface area contributed by atoms with E-state index in [1.165, 1.54) is 44.2 Å². The average molecular weight is 199 g/mol. The maximum atomic E-state index is 3.80. The van der Waals surface area contributed by atoms with Crippen molar-refractivity contribution < 1.29 is 0 Å². The Morgan fingerprint density at radius 3 is 2.13 bits per heavy atom. The minimum absolute atomic E-state index is 1.25. The number of anilines is 1. The summed E-state index contributed by atoms with van der Waals surface area (Å²) in [4.78, 5) is 0. The van der Waals surface area contributed by atoms with Gasteiger partial charge >= 0.3 is 0 Å². The molecule has 1 heteroatoms. The van der Waals surface area contributed by atoms with Crippen LogP contribution in [-0.4, -0.2) is 0 Å². The zero-order valence-electron chi connectivity index (χ0n) is 9.10. The van der Waals surface area contributed by atoms with Crippen molar-refractivity contribution in [2.24, 2.45) is 0 Å². The molecule has 2 aliphatic rings. The van der Waals surface area contributed by atoms with Gasteiger partial charge in [0, 0.05) is 5.69 Å². The second-order valence-electron chi connectivity index (χ2n) is 4.58. The summed E-state index contributed by atoms with van der Waals surface area (Å²) in [5.41, 5.74) is 7.69. The first kappa shape index (κ1) is 9.02. The van der Waals surface area contributed by atoms with Crippen molar-refractivity contribution in [1.82, 2.24) is 0 Å². The van der Waals surface area contributed by atoms with Crippen LogP contribution < -0.4 is 5.32 Å². The molecule has 15 heavy (non-hydrogen) atoms. The van der Waals surface area contributed by atoms with Gasteiger partial charge in [-0.15, -0.1) is 0 Å². The summed E-state index contributed by atoms with van der Waals surface area (Å²) in [7, 11) is 0. The molecule has 0 amide bonds. The molecule has 0 aliphatic heterocycles. The van der Waals surface area contributed by atoms with Crippen LogP contribution in [0.25, 0.3) is 0 Å². The van der Waals surface area contributed by atoms with Gasteiger partial charge in [0.05, 0.1) is 0 Å². The smallest absolute Gasteiger partial charge is 0.0450 e. The molecular weight excluding hydrogens is 182 g/mol. The number of nitrogens with one attached hydrogen (secondary N) is 1. The number of rotatable bonds is 2. The lowest BCUT2D eigenvalue weighted by atomic mass is 9.99. The summed E-state index contributed by atoms with van der Waals surface area (Å²) in [6.07, 6.45) is 9.51. The number of benzene rings is 1. The zero-order chi connectivity index (χ0) is 10.3. The number of fused-ring (bicyclic) bond motifs is 2. The van der Waals surface area contributed by atoms with E-state index in [4.69, 9.17) is 0 Å². The third-order valence-corrected chi connectivity index (χ3v) is 3.72. The van der Waals surface area contributed by atoms with E-state index >= 15 is 0 Å². The largest absolute Gasteiger partial charge is 0.362 e. The first-order valence-electron chi connectivity index (χ1n) is 5.94. The molecular formula is C14H17N. The molecule has 78 valence electrons. The molecule has 0 fully saturated rings. The highest BCUT2D eigenvalue weighted by Crippen LogP contribution is 2.38. The molecule has 0 spiro atoms. The predicted molar refractivity (Wildman–Crippen MR) is 64.3 cm³/mol. The third-order valence-electron chi connectivity index (χ3n) is 3.72. The summed E-state index contributed by atoms with van der Waals surface area (Å²) in [6, 6.07) is 2.46. The standard InChI is InChI=1S/C14H17N/c1-2-15-14-12-7-3-5-10(12)9-11-6-4-8-13(11)14/h2,9,15H,1,3-8H2. The second-order valence-corrected chi connectivity index (χ2v) is 4.58. The molecule has 3 rings (SSSR count). The molecule has 0 saturated heterocycles. The minimum atomic E-state index is 1.25. The van der Waals surface area contributed by atoms with E-state index in [-0.39, 0.29) is 0 Å². The maximum absolute atomic E-state index is 3.80. The van der Waals surface area contributed by atoms with Crippen molar-refractivity contribution in [1.29, 1.82) is 0 Å². The zero-order valence-corrected chi connectivity index (χ0v) is 9.10. The first-order chi connectivity index (χ1) is 7.40. The lowest BCUT2D eigenvalue weighted by Gasteiger charge is -2.14. The molecule has 0 radical (unpaired) electrons. The molecule has 0 saturated carbocycles. The van der Waals surface area contributed by atoms with E-state index in [1.807, 2.05) is 6.20 Å². The molecule has 0 heterocycles. The van der Waals surface area contributed by atoms with E-state index in [9.17, 15) is 0 Å². The molecule has 1 N–H and O–H groups in total. The van der Waals surface area contributed by atoms with Gasteiger partial charge in [0.25, 0.3) is 0 Å². The minimum Gasteiger partial charge on any atom is -0.362 e. The normalized spacial score (nSPS) is 17.3. The molecule has 1 aromatic rings. The van der Waals surface area contributed by atoms with Gasteiger partial charge in [0.1, 0.15) is 0 Å². The Kier molecular flexibility index (Phi) is 2.05. The Morgan fingerprint density at radius 1 is 1.00 bits per heavy atom. The van der Waals surface area contributed by atoms with Crippen molar-refractivity contribution in [3.05, 3.63) is 41.1 Å². The van der Waals surface area contributed by atoms with Crippen molar-refractivity contribution in [2.75, 3.05) is 5.32 Å². The van der Waals surface area contributed by atoms with Crippen LogP contribution in [0.15, 0.2) is 18.8 Å². The molecule has 0 atom stereocenters. The molecule has 1 nitrogen and oxygen atoms in total. The summed E-state index contributed by atoms with van der Waals surface area (Å²) in [6.45, 7) is 3.80. The molecule has 0 unspecified atom stereocenters. The molecule has 2 aliphatic carbocycles. The van der Waals surface area contributed by atoms with Gasteiger partial charge in [-0.05, 0) is 67.0 Å². The lowest BCUT2D eigenvalue weighted by Crippen LogP contribution is -2.00. The van der Waals surface area contributed by atoms with Crippen molar-refractivity contribution in [3.8, 4) is 0 Å². The van der Waals surface area contributed by atoms with Gasteiger partial charge in [-0.1, -0.05) is 12.6 Å². The Morgan fingerprint density at radius 2 is 1.60 bits per heavy atom. The second kappa shape index (κ2) is 3.41. The highest BCUT2D eigenvalue weighted by Gasteiger charge is 2.23. The Balaban J connectivity index is 2.19. The van der Waals surface area contributed by atoms with Crippen LogP contribution in [0.2, 0.25) is 0 Å². The quantitative estimate of drug-likeness (QED) is 0.771. The fourth-order valence-electron chi connectivity index (χ4n) is 3.09. The van der Waals surface area contributed by atoms with Gasteiger partial charge in [-0.3, -0.25) is 0 Å². The van der Waals surface area contributed by atoms with Gasteiger partial charge in [0.2, 0.25) is 0 Å². The molecule has 1 aromatic carbocycles. The van der Waals surface area contributed by atoms with Crippen molar-refractivity contribution in [2.45, 2.75) is 38.5 Å².